The second-order valence-electron chi connectivity index (χ2n) is 9.92. The van der Waals surface area contributed by atoms with Gasteiger partial charge in [0.25, 0.3) is 0 Å². The molecule has 6 unspecified atom stereocenters. The Hall–Kier alpha value is -1.45. The van der Waals surface area contributed by atoms with Gasteiger partial charge in [-0.2, -0.15) is 0 Å². The molecule has 4 nitrogen and oxygen atoms in total. The van der Waals surface area contributed by atoms with Crippen LogP contribution in [0.4, 0.5) is 0 Å². The molecule has 4 aliphatic carbocycles. The average molecular weight is 373 g/mol. The molecule has 3 saturated carbocycles. The third-order valence-corrected chi connectivity index (χ3v) is 9.29. The number of fused-ring (bicyclic) bond motifs is 5. The number of esters is 1. The molecule has 148 valence electrons. The van der Waals surface area contributed by atoms with Gasteiger partial charge in [-0.05, 0) is 86.5 Å². The van der Waals surface area contributed by atoms with Crippen LogP contribution in [0.2, 0.25) is 0 Å². The molecule has 4 rings (SSSR count). The summed E-state index contributed by atoms with van der Waals surface area (Å²) in [5.41, 5.74) is 0.184. The Balaban J connectivity index is 1.73. The van der Waals surface area contributed by atoms with Crippen LogP contribution in [0.5, 0.6) is 0 Å². The van der Waals surface area contributed by atoms with Crippen molar-refractivity contribution in [3.05, 3.63) is 11.6 Å². The molecule has 0 saturated heterocycles. The standard InChI is InChI=1S/C23H32O4/c1-14(24)23(20(26)27-4)12-9-19-17-6-5-15-13-16(25)7-10-21(15,2)18(17)8-11-22(19,23)3/h13,17-19H,5-12H2,1-4H3. The van der Waals surface area contributed by atoms with E-state index in [1.807, 2.05) is 6.08 Å². The van der Waals surface area contributed by atoms with E-state index in [1.54, 1.807) is 6.92 Å². The van der Waals surface area contributed by atoms with E-state index in [0.29, 0.717) is 30.6 Å². The van der Waals surface area contributed by atoms with E-state index in [0.717, 1.165) is 38.5 Å². The minimum absolute atomic E-state index is 0.0244. The molecule has 0 aliphatic heterocycles. The van der Waals surface area contributed by atoms with E-state index < -0.39 is 5.41 Å². The van der Waals surface area contributed by atoms with Gasteiger partial charge >= 0.3 is 5.97 Å². The summed E-state index contributed by atoms with van der Waals surface area (Å²) in [6, 6.07) is 0. The van der Waals surface area contributed by atoms with Gasteiger partial charge in [0.05, 0.1) is 7.11 Å². The lowest BCUT2D eigenvalue weighted by Crippen LogP contribution is -2.56. The average Bonchev–Trinajstić information content (AvgIpc) is 2.95. The highest BCUT2D eigenvalue weighted by atomic mass is 16.5. The number of ketones is 2. The Morgan fingerprint density at radius 2 is 1.74 bits per heavy atom. The molecule has 0 heterocycles. The molecule has 0 aromatic rings. The third kappa shape index (κ3) is 2.25. The second kappa shape index (κ2) is 6.02. The van der Waals surface area contributed by atoms with Crippen LogP contribution in [0.1, 0.15) is 72.1 Å². The summed E-state index contributed by atoms with van der Waals surface area (Å²) in [5, 5.41) is 0. The molecule has 27 heavy (non-hydrogen) atoms. The fourth-order valence-corrected chi connectivity index (χ4v) is 7.83. The van der Waals surface area contributed by atoms with Gasteiger partial charge in [0.2, 0.25) is 0 Å². The number of ether oxygens (including phenoxy) is 1. The quantitative estimate of drug-likeness (QED) is 0.536. The Labute approximate surface area is 162 Å². The first-order chi connectivity index (χ1) is 12.7. The first-order valence-electron chi connectivity index (χ1n) is 10.5. The number of hydrogen-bond acceptors (Lipinski definition) is 4. The highest BCUT2D eigenvalue weighted by Crippen LogP contribution is 2.70. The molecule has 0 spiro atoms. The SMILES string of the molecule is COC(=O)C1(C(C)=O)CCC2C3CCC4=CC(=O)CCC4(C)C3CCC21C. The third-order valence-electron chi connectivity index (χ3n) is 9.29. The molecule has 6 atom stereocenters. The van der Waals surface area contributed by atoms with Crippen LogP contribution < -0.4 is 0 Å². The Bertz CT molecular complexity index is 737. The number of carbonyl (C=O) groups is 3. The highest BCUT2D eigenvalue weighted by Gasteiger charge is 2.69. The molecule has 0 bridgehead atoms. The zero-order valence-corrected chi connectivity index (χ0v) is 17.1. The van der Waals surface area contributed by atoms with Gasteiger partial charge < -0.3 is 4.74 Å². The van der Waals surface area contributed by atoms with Crippen molar-refractivity contribution in [3.8, 4) is 0 Å². The van der Waals surface area contributed by atoms with E-state index in [2.05, 4.69) is 13.8 Å². The van der Waals surface area contributed by atoms with E-state index >= 15 is 0 Å². The lowest BCUT2D eigenvalue weighted by Gasteiger charge is -2.59. The number of Topliss-reactive ketones (excluding diaryl/α,β-unsaturated/α-hetero) is 1. The molecular formula is C23H32O4. The van der Waals surface area contributed by atoms with Crippen LogP contribution in [0, 0.1) is 34.0 Å². The number of allylic oxidation sites excluding steroid dienone is 1. The lowest BCUT2D eigenvalue weighted by molar-refractivity contribution is -0.171. The maximum Gasteiger partial charge on any atom is 0.319 e. The maximum atomic E-state index is 12.8. The predicted molar refractivity (Wildman–Crippen MR) is 102 cm³/mol. The van der Waals surface area contributed by atoms with Crippen molar-refractivity contribution in [2.24, 2.45) is 34.0 Å². The van der Waals surface area contributed by atoms with Crippen LogP contribution in [0.15, 0.2) is 11.6 Å². The summed E-state index contributed by atoms with van der Waals surface area (Å²) in [6.07, 6.45) is 9.09. The Morgan fingerprint density at radius 3 is 2.41 bits per heavy atom. The minimum atomic E-state index is -0.975. The van der Waals surface area contributed by atoms with Crippen molar-refractivity contribution >= 4 is 17.5 Å². The van der Waals surface area contributed by atoms with Crippen molar-refractivity contribution < 1.29 is 19.1 Å². The molecule has 0 aromatic heterocycles. The fourth-order valence-electron chi connectivity index (χ4n) is 7.83. The molecular weight excluding hydrogens is 340 g/mol. The molecule has 4 heteroatoms. The van der Waals surface area contributed by atoms with Crippen molar-refractivity contribution in [1.82, 2.24) is 0 Å². The summed E-state index contributed by atoms with van der Waals surface area (Å²) >= 11 is 0. The van der Waals surface area contributed by atoms with Gasteiger partial charge in [0.1, 0.15) is 11.2 Å². The Kier molecular flexibility index (Phi) is 4.21. The summed E-state index contributed by atoms with van der Waals surface area (Å²) in [7, 11) is 1.41. The molecule has 3 fully saturated rings. The lowest BCUT2D eigenvalue weighted by atomic mass is 9.45. The zero-order chi connectivity index (χ0) is 19.6. The first-order valence-corrected chi connectivity index (χ1v) is 10.5. The van der Waals surface area contributed by atoms with Gasteiger partial charge in [-0.1, -0.05) is 19.4 Å². The summed E-state index contributed by atoms with van der Waals surface area (Å²) in [5.74, 6) is 1.40. The Morgan fingerprint density at radius 1 is 1.04 bits per heavy atom. The monoisotopic (exact) mass is 372 g/mol. The molecule has 0 N–H and O–H groups in total. The van der Waals surface area contributed by atoms with Crippen molar-refractivity contribution in [3.63, 3.8) is 0 Å². The minimum Gasteiger partial charge on any atom is -0.468 e. The maximum absolute atomic E-state index is 12.8. The summed E-state index contributed by atoms with van der Waals surface area (Å²) < 4.78 is 5.16. The van der Waals surface area contributed by atoms with Crippen molar-refractivity contribution in [1.29, 1.82) is 0 Å². The van der Waals surface area contributed by atoms with Crippen LogP contribution >= 0.6 is 0 Å². The first kappa shape index (κ1) is 18.9. The molecule has 0 amide bonds. The van der Waals surface area contributed by atoms with Crippen LogP contribution in [-0.2, 0) is 19.1 Å². The van der Waals surface area contributed by atoms with Crippen LogP contribution in [0.3, 0.4) is 0 Å². The van der Waals surface area contributed by atoms with Crippen molar-refractivity contribution in [2.75, 3.05) is 7.11 Å². The van der Waals surface area contributed by atoms with Gasteiger partial charge in [-0.15, -0.1) is 0 Å². The van der Waals surface area contributed by atoms with Crippen LogP contribution in [-0.4, -0.2) is 24.6 Å². The molecule has 4 aliphatic rings. The van der Waals surface area contributed by atoms with E-state index in [1.165, 1.54) is 12.7 Å². The highest BCUT2D eigenvalue weighted by molar-refractivity contribution is 6.04. The number of carbonyl (C=O) groups excluding carboxylic acids is 3. The zero-order valence-electron chi connectivity index (χ0n) is 17.1. The van der Waals surface area contributed by atoms with Crippen molar-refractivity contribution in [2.45, 2.75) is 72.1 Å². The van der Waals surface area contributed by atoms with Gasteiger partial charge in [-0.25, -0.2) is 0 Å². The van der Waals surface area contributed by atoms with Gasteiger partial charge in [0, 0.05) is 6.42 Å². The number of hydrogen-bond donors (Lipinski definition) is 0. The number of rotatable bonds is 2. The van der Waals surface area contributed by atoms with Gasteiger partial charge in [0.15, 0.2) is 5.78 Å². The predicted octanol–water partition coefficient (Wildman–Crippen LogP) is 4.27. The smallest absolute Gasteiger partial charge is 0.319 e. The normalized spacial score (nSPS) is 46.0. The van der Waals surface area contributed by atoms with Gasteiger partial charge in [-0.3, -0.25) is 14.4 Å². The van der Waals surface area contributed by atoms with Crippen LogP contribution in [0.25, 0.3) is 0 Å². The molecule has 0 radical (unpaired) electrons. The second-order valence-corrected chi connectivity index (χ2v) is 9.92. The van der Waals surface area contributed by atoms with E-state index in [-0.39, 0.29) is 28.4 Å². The number of methoxy groups -OCH3 is 1. The largest absolute Gasteiger partial charge is 0.468 e. The fraction of sp³-hybridized carbons (Fsp3) is 0.783. The summed E-state index contributed by atoms with van der Waals surface area (Å²) in [6.45, 7) is 6.11. The molecule has 0 aromatic carbocycles. The van der Waals surface area contributed by atoms with E-state index in [9.17, 15) is 14.4 Å². The van der Waals surface area contributed by atoms with E-state index in [4.69, 9.17) is 4.74 Å². The summed E-state index contributed by atoms with van der Waals surface area (Å²) in [4.78, 5) is 37.6. The topological polar surface area (TPSA) is 60.4 Å².